The van der Waals surface area contributed by atoms with E-state index < -0.39 is 29.0 Å². The molecule has 1 N–H and O–H groups in total. The largest absolute Gasteiger partial charge is 0.338 e. The first-order valence-corrected chi connectivity index (χ1v) is 7.69. The fourth-order valence-corrected chi connectivity index (χ4v) is 2.15. The molecule has 1 aromatic carbocycles. The van der Waals surface area contributed by atoms with Crippen LogP contribution in [0.4, 0.5) is 18.9 Å². The standard InChI is InChI=1S/C17H22F3N3O2/c1-5-23(8-11(2)3)15(25)10-22(4)9-14(24)21-13-7-6-12(18)16(19)17(13)20/h6-7H,2,5,8-10H2,1,3-4H3,(H,21,24). The smallest absolute Gasteiger partial charge is 0.238 e. The monoisotopic (exact) mass is 357 g/mol. The summed E-state index contributed by atoms with van der Waals surface area (Å²) in [5.41, 5.74) is 0.380. The van der Waals surface area contributed by atoms with Crippen molar-refractivity contribution in [2.75, 3.05) is 38.5 Å². The quantitative estimate of drug-likeness (QED) is 0.574. The van der Waals surface area contributed by atoms with Crippen molar-refractivity contribution in [2.45, 2.75) is 13.8 Å². The molecule has 0 radical (unpaired) electrons. The molecule has 138 valence electrons. The Balaban J connectivity index is 2.61. The number of carbonyl (C=O) groups is 2. The van der Waals surface area contributed by atoms with E-state index in [1.54, 1.807) is 11.9 Å². The minimum Gasteiger partial charge on any atom is -0.338 e. The van der Waals surface area contributed by atoms with Gasteiger partial charge in [-0.05, 0) is 33.0 Å². The second kappa shape index (κ2) is 9.22. The highest BCUT2D eigenvalue weighted by Gasteiger charge is 2.18. The predicted molar refractivity (Wildman–Crippen MR) is 89.5 cm³/mol. The summed E-state index contributed by atoms with van der Waals surface area (Å²) in [6.07, 6.45) is 0. The summed E-state index contributed by atoms with van der Waals surface area (Å²) in [7, 11) is 1.55. The number of rotatable bonds is 8. The van der Waals surface area contributed by atoms with Crippen molar-refractivity contribution in [3.05, 3.63) is 41.7 Å². The highest BCUT2D eigenvalue weighted by Crippen LogP contribution is 2.19. The summed E-state index contributed by atoms with van der Waals surface area (Å²) < 4.78 is 39.5. The number of amides is 2. The molecule has 0 aliphatic heterocycles. The van der Waals surface area contributed by atoms with E-state index in [2.05, 4.69) is 11.9 Å². The maximum Gasteiger partial charge on any atom is 0.238 e. The first-order valence-electron chi connectivity index (χ1n) is 7.69. The lowest BCUT2D eigenvalue weighted by atomic mass is 10.2. The number of benzene rings is 1. The van der Waals surface area contributed by atoms with Crippen LogP contribution in [-0.4, -0.2) is 54.8 Å². The number of anilines is 1. The van der Waals surface area contributed by atoms with Crippen LogP contribution in [0, 0.1) is 17.5 Å². The van der Waals surface area contributed by atoms with Crippen molar-refractivity contribution in [3.8, 4) is 0 Å². The van der Waals surface area contributed by atoms with Gasteiger partial charge in [0, 0.05) is 13.1 Å². The van der Waals surface area contributed by atoms with Gasteiger partial charge in [-0.15, -0.1) is 0 Å². The molecule has 2 amide bonds. The highest BCUT2D eigenvalue weighted by atomic mass is 19.2. The van der Waals surface area contributed by atoms with Crippen LogP contribution in [0.25, 0.3) is 0 Å². The minimum absolute atomic E-state index is 0.0190. The van der Waals surface area contributed by atoms with Crippen LogP contribution in [0.3, 0.4) is 0 Å². The second-order valence-corrected chi connectivity index (χ2v) is 5.81. The van der Waals surface area contributed by atoms with Crippen LogP contribution < -0.4 is 5.32 Å². The molecule has 0 atom stereocenters. The van der Waals surface area contributed by atoms with E-state index >= 15 is 0 Å². The SMILES string of the molecule is C=C(C)CN(CC)C(=O)CN(C)CC(=O)Nc1ccc(F)c(F)c1F. The van der Waals surface area contributed by atoms with Gasteiger partial charge in [-0.2, -0.15) is 0 Å². The zero-order valence-electron chi connectivity index (χ0n) is 14.5. The molecule has 1 rings (SSSR count). The molecule has 0 fully saturated rings. The predicted octanol–water partition coefficient (Wildman–Crippen LogP) is 2.40. The van der Waals surface area contributed by atoms with Gasteiger partial charge in [0.15, 0.2) is 17.5 Å². The van der Waals surface area contributed by atoms with Crippen molar-refractivity contribution in [3.63, 3.8) is 0 Å². The molecule has 5 nitrogen and oxygen atoms in total. The topological polar surface area (TPSA) is 52.7 Å². The van der Waals surface area contributed by atoms with Gasteiger partial charge in [-0.1, -0.05) is 12.2 Å². The summed E-state index contributed by atoms with van der Waals surface area (Å²) in [4.78, 5) is 27.1. The number of nitrogens with zero attached hydrogens (tertiary/aromatic N) is 2. The van der Waals surface area contributed by atoms with Crippen LogP contribution in [-0.2, 0) is 9.59 Å². The summed E-state index contributed by atoms with van der Waals surface area (Å²) >= 11 is 0. The Bertz CT molecular complexity index is 665. The molecule has 0 bridgehead atoms. The molecular weight excluding hydrogens is 335 g/mol. The van der Waals surface area contributed by atoms with Gasteiger partial charge < -0.3 is 10.2 Å². The van der Waals surface area contributed by atoms with Gasteiger partial charge in [0.25, 0.3) is 0 Å². The average Bonchev–Trinajstić information content (AvgIpc) is 2.52. The third kappa shape index (κ3) is 6.22. The van der Waals surface area contributed by atoms with Crippen molar-refractivity contribution >= 4 is 17.5 Å². The molecule has 8 heteroatoms. The maximum absolute atomic E-state index is 13.5. The number of hydrogen-bond donors (Lipinski definition) is 1. The molecule has 1 aromatic rings. The van der Waals surface area contributed by atoms with E-state index in [0.717, 1.165) is 17.7 Å². The third-order valence-electron chi connectivity index (χ3n) is 3.32. The van der Waals surface area contributed by atoms with E-state index in [1.807, 2.05) is 13.8 Å². The van der Waals surface area contributed by atoms with Gasteiger partial charge in [0.1, 0.15) is 0 Å². The zero-order valence-corrected chi connectivity index (χ0v) is 14.5. The Morgan fingerprint density at radius 3 is 2.32 bits per heavy atom. The van der Waals surface area contributed by atoms with Crippen LogP contribution in [0.15, 0.2) is 24.3 Å². The molecule has 0 aliphatic rings. The van der Waals surface area contributed by atoms with Gasteiger partial charge in [-0.3, -0.25) is 14.5 Å². The molecule has 0 heterocycles. The van der Waals surface area contributed by atoms with Crippen molar-refractivity contribution in [1.29, 1.82) is 0 Å². The summed E-state index contributed by atoms with van der Waals surface area (Å²) in [5.74, 6) is -5.29. The van der Waals surface area contributed by atoms with Crippen LogP contribution in [0.5, 0.6) is 0 Å². The van der Waals surface area contributed by atoms with E-state index in [4.69, 9.17) is 0 Å². The van der Waals surface area contributed by atoms with Crippen LogP contribution in [0.1, 0.15) is 13.8 Å². The Kier molecular flexibility index (Phi) is 7.63. The normalized spacial score (nSPS) is 10.7. The lowest BCUT2D eigenvalue weighted by Gasteiger charge is -2.24. The van der Waals surface area contributed by atoms with Crippen LogP contribution in [0.2, 0.25) is 0 Å². The minimum atomic E-state index is -1.65. The number of hydrogen-bond acceptors (Lipinski definition) is 3. The first-order chi connectivity index (χ1) is 11.6. The van der Waals surface area contributed by atoms with Gasteiger partial charge >= 0.3 is 0 Å². The molecule has 0 spiro atoms. The Morgan fingerprint density at radius 1 is 1.12 bits per heavy atom. The molecule has 0 unspecified atom stereocenters. The van der Waals surface area contributed by atoms with E-state index in [9.17, 15) is 22.8 Å². The zero-order chi connectivity index (χ0) is 19.1. The molecule has 0 aliphatic carbocycles. The van der Waals surface area contributed by atoms with Gasteiger partial charge in [0.05, 0.1) is 18.8 Å². The first kappa shape index (κ1) is 20.7. The number of halogens is 3. The Morgan fingerprint density at radius 2 is 1.76 bits per heavy atom. The second-order valence-electron chi connectivity index (χ2n) is 5.81. The molecular formula is C17H22F3N3O2. The fourth-order valence-electron chi connectivity index (χ4n) is 2.15. The average molecular weight is 357 g/mol. The molecule has 25 heavy (non-hydrogen) atoms. The van der Waals surface area contributed by atoms with Crippen molar-refractivity contribution in [1.82, 2.24) is 9.80 Å². The summed E-state index contributed by atoms with van der Waals surface area (Å²) in [6.45, 7) is 8.10. The number of nitrogens with one attached hydrogen (secondary N) is 1. The van der Waals surface area contributed by atoms with E-state index in [1.165, 1.54) is 4.90 Å². The molecule has 0 aromatic heterocycles. The number of likely N-dealkylation sites (N-methyl/N-ethyl adjacent to an activating group) is 2. The summed E-state index contributed by atoms with van der Waals surface area (Å²) in [5, 5.41) is 2.16. The van der Waals surface area contributed by atoms with Crippen LogP contribution >= 0.6 is 0 Å². The lowest BCUT2D eigenvalue weighted by Crippen LogP contribution is -2.42. The fraction of sp³-hybridized carbons (Fsp3) is 0.412. The summed E-state index contributed by atoms with van der Waals surface area (Å²) in [6, 6.07) is 1.65. The third-order valence-corrected chi connectivity index (χ3v) is 3.32. The van der Waals surface area contributed by atoms with E-state index in [0.29, 0.717) is 13.1 Å². The maximum atomic E-state index is 13.5. The number of carbonyl (C=O) groups excluding carboxylic acids is 2. The Labute approximate surface area is 145 Å². The van der Waals surface area contributed by atoms with Crippen molar-refractivity contribution < 1.29 is 22.8 Å². The van der Waals surface area contributed by atoms with Gasteiger partial charge in [-0.25, -0.2) is 13.2 Å². The van der Waals surface area contributed by atoms with E-state index in [-0.39, 0.29) is 19.0 Å². The highest BCUT2D eigenvalue weighted by molar-refractivity contribution is 5.92. The Hall–Kier alpha value is -2.35. The van der Waals surface area contributed by atoms with Gasteiger partial charge in [0.2, 0.25) is 11.8 Å². The van der Waals surface area contributed by atoms with Crippen molar-refractivity contribution in [2.24, 2.45) is 0 Å². The molecule has 0 saturated carbocycles. The molecule has 0 saturated heterocycles. The lowest BCUT2D eigenvalue weighted by molar-refractivity contribution is -0.131.